The molecule has 0 unspecified atom stereocenters. The molecule has 1 saturated heterocycles. The lowest BCUT2D eigenvalue weighted by Crippen LogP contribution is -2.34. The van der Waals surface area contributed by atoms with Crippen LogP contribution in [-0.4, -0.2) is 40.5 Å². The second-order valence-corrected chi connectivity index (χ2v) is 7.06. The van der Waals surface area contributed by atoms with E-state index in [1.54, 1.807) is 0 Å². The van der Waals surface area contributed by atoms with Crippen LogP contribution in [0.4, 0.5) is 10.5 Å². The van der Waals surface area contributed by atoms with Crippen LogP contribution in [0.5, 0.6) is 0 Å². The molecule has 1 saturated carbocycles. The number of aryl methyl sites for hydroxylation is 1. The number of fused-ring (bicyclic) bond motifs is 1. The van der Waals surface area contributed by atoms with E-state index >= 15 is 0 Å². The molecule has 1 aromatic heterocycles. The van der Waals surface area contributed by atoms with Gasteiger partial charge in [0.1, 0.15) is 0 Å². The summed E-state index contributed by atoms with van der Waals surface area (Å²) in [6.07, 6.45) is 4.87. The lowest BCUT2D eigenvalue weighted by atomic mass is 10.1. The minimum Gasteiger partial charge on any atom is -0.348 e. The van der Waals surface area contributed by atoms with Crippen LogP contribution < -0.4 is 10.6 Å². The highest BCUT2D eigenvalue weighted by atomic mass is 16.2. The van der Waals surface area contributed by atoms with Crippen molar-refractivity contribution in [3.63, 3.8) is 0 Å². The zero-order chi connectivity index (χ0) is 17.4. The Morgan fingerprint density at radius 2 is 2.12 bits per heavy atom. The molecule has 1 aliphatic carbocycles. The molecule has 2 aliphatic rings. The minimum absolute atomic E-state index is 0.216. The standard InChI is InChI=1S/C19H24N4O2/c1-2-22-8-7-14-3-4-15(10-17(14)22)21-19(25)20-11-13-9-18(24)23(12-13)16-5-6-16/h3-4,7-8,10,13,16H,2,5-6,9,11-12H2,1H3,(H2,20,21,25)/t13-/m0/s1. The molecule has 2 fully saturated rings. The highest BCUT2D eigenvalue weighted by Crippen LogP contribution is 2.32. The third-order valence-electron chi connectivity index (χ3n) is 5.15. The van der Waals surface area contributed by atoms with Gasteiger partial charge in [-0.3, -0.25) is 4.79 Å². The molecule has 1 atom stereocenters. The van der Waals surface area contributed by atoms with Gasteiger partial charge in [0, 0.05) is 49.9 Å². The Hall–Kier alpha value is -2.50. The zero-order valence-corrected chi connectivity index (χ0v) is 14.5. The van der Waals surface area contributed by atoms with Gasteiger partial charge in [-0.25, -0.2) is 4.79 Å². The maximum Gasteiger partial charge on any atom is 0.319 e. The van der Waals surface area contributed by atoms with Gasteiger partial charge in [0.2, 0.25) is 5.91 Å². The maximum atomic E-state index is 12.2. The van der Waals surface area contributed by atoms with E-state index in [1.807, 2.05) is 23.1 Å². The van der Waals surface area contributed by atoms with Gasteiger partial charge in [-0.05, 0) is 43.4 Å². The molecule has 0 spiro atoms. The van der Waals surface area contributed by atoms with Crippen LogP contribution in [0.3, 0.4) is 0 Å². The zero-order valence-electron chi connectivity index (χ0n) is 14.5. The highest BCUT2D eigenvalue weighted by Gasteiger charge is 2.39. The van der Waals surface area contributed by atoms with Gasteiger partial charge in [-0.2, -0.15) is 0 Å². The molecule has 2 N–H and O–H groups in total. The largest absolute Gasteiger partial charge is 0.348 e. The fourth-order valence-corrected chi connectivity index (χ4v) is 3.63. The van der Waals surface area contributed by atoms with Crippen LogP contribution in [0.2, 0.25) is 0 Å². The Kier molecular flexibility index (Phi) is 4.11. The smallest absolute Gasteiger partial charge is 0.319 e. The molecule has 6 nitrogen and oxygen atoms in total. The molecule has 6 heteroatoms. The molecular formula is C19H24N4O2. The van der Waals surface area contributed by atoms with Crippen LogP contribution in [0.25, 0.3) is 10.9 Å². The van der Waals surface area contributed by atoms with Crippen LogP contribution in [-0.2, 0) is 11.3 Å². The number of nitrogens with one attached hydrogen (secondary N) is 2. The van der Waals surface area contributed by atoms with Crippen molar-refractivity contribution in [1.82, 2.24) is 14.8 Å². The molecule has 132 valence electrons. The molecule has 2 aromatic rings. The van der Waals surface area contributed by atoms with E-state index in [1.165, 1.54) is 0 Å². The van der Waals surface area contributed by atoms with Gasteiger partial charge in [0.05, 0.1) is 5.52 Å². The number of urea groups is 1. The summed E-state index contributed by atoms with van der Waals surface area (Å²) in [6.45, 7) is 4.31. The Morgan fingerprint density at radius 3 is 2.88 bits per heavy atom. The minimum atomic E-state index is -0.216. The number of carbonyl (C=O) groups is 2. The summed E-state index contributed by atoms with van der Waals surface area (Å²) < 4.78 is 2.15. The van der Waals surface area contributed by atoms with Crippen LogP contribution in [0, 0.1) is 5.92 Å². The van der Waals surface area contributed by atoms with E-state index in [4.69, 9.17) is 0 Å². The molecule has 4 rings (SSSR count). The summed E-state index contributed by atoms with van der Waals surface area (Å²) in [5.74, 6) is 0.458. The Labute approximate surface area is 147 Å². The van der Waals surface area contributed by atoms with Gasteiger partial charge in [-0.15, -0.1) is 0 Å². The maximum absolute atomic E-state index is 12.2. The number of amides is 3. The molecule has 25 heavy (non-hydrogen) atoms. The first-order valence-corrected chi connectivity index (χ1v) is 9.07. The average Bonchev–Trinajstić information content (AvgIpc) is 3.26. The quantitative estimate of drug-likeness (QED) is 0.879. The average molecular weight is 340 g/mol. The Morgan fingerprint density at radius 1 is 1.28 bits per heavy atom. The number of carbonyl (C=O) groups excluding carboxylic acids is 2. The van der Waals surface area contributed by atoms with Crippen molar-refractivity contribution in [2.24, 2.45) is 5.92 Å². The van der Waals surface area contributed by atoms with Crippen LogP contribution >= 0.6 is 0 Å². The Balaban J connectivity index is 1.32. The van der Waals surface area contributed by atoms with E-state index in [9.17, 15) is 9.59 Å². The van der Waals surface area contributed by atoms with Gasteiger partial charge in [0.15, 0.2) is 0 Å². The van der Waals surface area contributed by atoms with Crippen molar-refractivity contribution in [2.45, 2.75) is 38.8 Å². The van der Waals surface area contributed by atoms with E-state index < -0.39 is 0 Å². The van der Waals surface area contributed by atoms with Crippen molar-refractivity contribution in [1.29, 1.82) is 0 Å². The van der Waals surface area contributed by atoms with E-state index in [0.717, 1.165) is 42.5 Å². The number of rotatable bonds is 5. The molecule has 1 aliphatic heterocycles. The molecule has 3 amide bonds. The lowest BCUT2D eigenvalue weighted by molar-refractivity contribution is -0.128. The first-order chi connectivity index (χ1) is 12.1. The fraction of sp³-hybridized carbons (Fsp3) is 0.474. The van der Waals surface area contributed by atoms with Crippen molar-refractivity contribution in [3.8, 4) is 0 Å². The molecule has 0 bridgehead atoms. The number of aromatic nitrogens is 1. The summed E-state index contributed by atoms with van der Waals surface area (Å²) in [7, 11) is 0. The van der Waals surface area contributed by atoms with Gasteiger partial charge in [-0.1, -0.05) is 6.07 Å². The SMILES string of the molecule is CCn1ccc2ccc(NC(=O)NC[C@@H]3CC(=O)N(C4CC4)C3)cc21. The first-order valence-electron chi connectivity index (χ1n) is 9.07. The summed E-state index contributed by atoms with van der Waals surface area (Å²) >= 11 is 0. The summed E-state index contributed by atoms with van der Waals surface area (Å²) in [5.41, 5.74) is 1.89. The molecule has 0 radical (unpaired) electrons. The predicted octanol–water partition coefficient (Wildman–Crippen LogP) is 2.79. The van der Waals surface area contributed by atoms with Crippen LogP contribution in [0.15, 0.2) is 30.5 Å². The van der Waals surface area contributed by atoms with E-state index in [0.29, 0.717) is 19.0 Å². The number of anilines is 1. The predicted molar refractivity (Wildman–Crippen MR) is 97.5 cm³/mol. The fourth-order valence-electron chi connectivity index (χ4n) is 3.63. The number of benzene rings is 1. The molecule has 2 heterocycles. The third kappa shape index (κ3) is 3.34. The summed E-state index contributed by atoms with van der Waals surface area (Å²) in [5, 5.41) is 6.97. The second-order valence-electron chi connectivity index (χ2n) is 7.06. The second kappa shape index (κ2) is 6.43. The highest BCUT2D eigenvalue weighted by molar-refractivity contribution is 5.92. The number of hydrogen-bond acceptors (Lipinski definition) is 2. The van der Waals surface area contributed by atoms with Crippen molar-refractivity contribution in [3.05, 3.63) is 30.5 Å². The van der Waals surface area contributed by atoms with E-state index in [2.05, 4.69) is 34.4 Å². The van der Waals surface area contributed by atoms with Crippen molar-refractivity contribution < 1.29 is 9.59 Å². The third-order valence-corrected chi connectivity index (χ3v) is 5.15. The van der Waals surface area contributed by atoms with Gasteiger partial charge in [0.25, 0.3) is 0 Å². The molecular weight excluding hydrogens is 316 g/mol. The first kappa shape index (κ1) is 16.0. The number of hydrogen-bond donors (Lipinski definition) is 2. The summed E-state index contributed by atoms with van der Waals surface area (Å²) in [4.78, 5) is 26.1. The number of likely N-dealkylation sites (tertiary alicyclic amines) is 1. The van der Waals surface area contributed by atoms with Crippen molar-refractivity contribution in [2.75, 3.05) is 18.4 Å². The lowest BCUT2D eigenvalue weighted by Gasteiger charge is -2.16. The Bertz CT molecular complexity index is 809. The van der Waals surface area contributed by atoms with Gasteiger partial charge < -0.3 is 20.1 Å². The van der Waals surface area contributed by atoms with Crippen molar-refractivity contribution >= 4 is 28.5 Å². The van der Waals surface area contributed by atoms with E-state index in [-0.39, 0.29) is 17.9 Å². The summed E-state index contributed by atoms with van der Waals surface area (Å²) in [6, 6.07) is 8.24. The van der Waals surface area contributed by atoms with Crippen LogP contribution in [0.1, 0.15) is 26.2 Å². The normalized spacial score (nSPS) is 20.3. The number of nitrogens with zero attached hydrogens (tertiary/aromatic N) is 2. The molecule has 1 aromatic carbocycles. The monoisotopic (exact) mass is 340 g/mol. The van der Waals surface area contributed by atoms with Gasteiger partial charge >= 0.3 is 6.03 Å². The topological polar surface area (TPSA) is 66.4 Å².